The van der Waals surface area contributed by atoms with E-state index in [0.29, 0.717) is 6.42 Å². The van der Waals surface area contributed by atoms with Crippen LogP contribution in [-0.4, -0.2) is 17.3 Å². The number of nitro groups is 1. The third-order valence-electron chi connectivity index (χ3n) is 2.73. The summed E-state index contributed by atoms with van der Waals surface area (Å²) >= 11 is 0. The monoisotopic (exact) mass is 221 g/mol. The van der Waals surface area contributed by atoms with Gasteiger partial charge in [-0.05, 0) is 5.56 Å². The van der Waals surface area contributed by atoms with Crippen LogP contribution in [0.1, 0.15) is 31.2 Å². The zero-order valence-corrected chi connectivity index (χ0v) is 9.20. The van der Waals surface area contributed by atoms with E-state index in [4.69, 9.17) is 0 Å². The van der Waals surface area contributed by atoms with Crippen molar-refractivity contribution in [3.05, 3.63) is 46.0 Å². The molecular weight excluding hydrogens is 206 g/mol. The van der Waals surface area contributed by atoms with Gasteiger partial charge in [0, 0.05) is 17.8 Å². The predicted molar refractivity (Wildman–Crippen MR) is 60.9 cm³/mol. The molecule has 2 unspecified atom stereocenters. The number of hydrogen-bond donors (Lipinski definition) is 0. The SMILES string of the molecule is CCC(C(CC=O)c1ccccc1)[N+](=O)[O-]. The van der Waals surface area contributed by atoms with Crippen molar-refractivity contribution < 1.29 is 9.72 Å². The van der Waals surface area contributed by atoms with Gasteiger partial charge in [0.1, 0.15) is 6.29 Å². The molecule has 2 atom stereocenters. The minimum absolute atomic E-state index is 0.198. The highest BCUT2D eigenvalue weighted by Gasteiger charge is 2.30. The second-order valence-electron chi connectivity index (χ2n) is 3.68. The molecule has 0 saturated carbocycles. The van der Waals surface area contributed by atoms with Gasteiger partial charge >= 0.3 is 0 Å². The molecule has 0 fully saturated rings. The molecule has 0 aliphatic heterocycles. The predicted octanol–water partition coefficient (Wildman–Crippen LogP) is 2.41. The largest absolute Gasteiger partial charge is 0.303 e. The van der Waals surface area contributed by atoms with Crippen molar-refractivity contribution in [2.24, 2.45) is 0 Å². The molecule has 1 rings (SSSR count). The second kappa shape index (κ2) is 6.00. The quantitative estimate of drug-likeness (QED) is 0.421. The molecule has 16 heavy (non-hydrogen) atoms. The Morgan fingerprint density at radius 1 is 1.38 bits per heavy atom. The highest BCUT2D eigenvalue weighted by Crippen LogP contribution is 2.26. The van der Waals surface area contributed by atoms with Crippen molar-refractivity contribution in [2.75, 3.05) is 0 Å². The Hall–Kier alpha value is -1.71. The number of aldehydes is 1. The molecule has 0 aromatic heterocycles. The standard InChI is InChI=1S/C12H15NO3/c1-2-12(13(15)16)11(8-9-14)10-6-4-3-5-7-10/h3-7,9,11-12H,2,8H2,1H3. The van der Waals surface area contributed by atoms with Crippen molar-refractivity contribution >= 4 is 6.29 Å². The van der Waals surface area contributed by atoms with E-state index in [2.05, 4.69) is 0 Å². The summed E-state index contributed by atoms with van der Waals surface area (Å²) in [7, 11) is 0. The molecule has 4 nitrogen and oxygen atoms in total. The van der Waals surface area contributed by atoms with Crippen molar-refractivity contribution in [3.8, 4) is 0 Å². The van der Waals surface area contributed by atoms with Gasteiger partial charge in [-0.1, -0.05) is 37.3 Å². The number of carbonyl (C=O) groups is 1. The lowest BCUT2D eigenvalue weighted by atomic mass is 9.88. The van der Waals surface area contributed by atoms with Gasteiger partial charge in [0.05, 0.1) is 5.92 Å². The third-order valence-corrected chi connectivity index (χ3v) is 2.73. The van der Waals surface area contributed by atoms with Crippen LogP contribution in [0, 0.1) is 10.1 Å². The van der Waals surface area contributed by atoms with Crippen LogP contribution in [0.15, 0.2) is 30.3 Å². The molecule has 0 aliphatic rings. The normalized spacial score (nSPS) is 14.1. The molecule has 0 radical (unpaired) electrons. The molecule has 0 spiro atoms. The van der Waals surface area contributed by atoms with E-state index < -0.39 is 6.04 Å². The lowest BCUT2D eigenvalue weighted by Gasteiger charge is -2.18. The Bertz CT molecular complexity index is 351. The topological polar surface area (TPSA) is 60.2 Å². The number of benzene rings is 1. The average Bonchev–Trinajstić information content (AvgIpc) is 2.29. The Morgan fingerprint density at radius 2 is 2.00 bits per heavy atom. The molecule has 0 saturated heterocycles. The maximum Gasteiger partial charge on any atom is 0.220 e. The van der Waals surface area contributed by atoms with Gasteiger partial charge in [-0.3, -0.25) is 10.1 Å². The Balaban J connectivity index is 2.98. The number of carbonyl (C=O) groups excluding carboxylic acids is 1. The lowest BCUT2D eigenvalue weighted by Crippen LogP contribution is -2.27. The highest BCUT2D eigenvalue weighted by molar-refractivity contribution is 5.52. The van der Waals surface area contributed by atoms with Crippen LogP contribution in [0.25, 0.3) is 0 Å². The third kappa shape index (κ3) is 2.89. The zero-order valence-electron chi connectivity index (χ0n) is 9.20. The summed E-state index contributed by atoms with van der Waals surface area (Å²) in [6.45, 7) is 1.77. The Labute approximate surface area is 94.4 Å². The van der Waals surface area contributed by atoms with E-state index in [9.17, 15) is 14.9 Å². The highest BCUT2D eigenvalue weighted by atomic mass is 16.6. The molecule has 4 heteroatoms. The summed E-state index contributed by atoms with van der Waals surface area (Å²) in [6.07, 6.45) is 1.38. The average molecular weight is 221 g/mol. The number of hydrogen-bond acceptors (Lipinski definition) is 3. The van der Waals surface area contributed by atoms with Crippen molar-refractivity contribution in [3.63, 3.8) is 0 Å². The fourth-order valence-electron chi connectivity index (χ4n) is 1.90. The maximum absolute atomic E-state index is 10.9. The summed E-state index contributed by atoms with van der Waals surface area (Å²) in [5.41, 5.74) is 0.859. The zero-order chi connectivity index (χ0) is 12.0. The van der Waals surface area contributed by atoms with E-state index >= 15 is 0 Å². The van der Waals surface area contributed by atoms with Gasteiger partial charge < -0.3 is 4.79 Å². The van der Waals surface area contributed by atoms with Crippen LogP contribution in [0.5, 0.6) is 0 Å². The summed E-state index contributed by atoms with van der Waals surface area (Å²) in [5.74, 6) is -0.321. The van der Waals surface area contributed by atoms with E-state index in [1.54, 1.807) is 6.92 Å². The van der Waals surface area contributed by atoms with Crippen molar-refractivity contribution in [1.29, 1.82) is 0 Å². The van der Waals surface area contributed by atoms with Gasteiger partial charge in [-0.15, -0.1) is 0 Å². The smallest absolute Gasteiger partial charge is 0.220 e. The molecule has 0 aliphatic carbocycles. The maximum atomic E-state index is 10.9. The van der Waals surface area contributed by atoms with E-state index in [-0.39, 0.29) is 17.3 Å². The molecular formula is C12H15NO3. The van der Waals surface area contributed by atoms with Gasteiger partial charge in [0.25, 0.3) is 0 Å². The van der Waals surface area contributed by atoms with Crippen LogP contribution >= 0.6 is 0 Å². The first-order valence-corrected chi connectivity index (χ1v) is 5.32. The van der Waals surface area contributed by atoms with Gasteiger partial charge in [-0.25, -0.2) is 0 Å². The molecule has 1 aromatic rings. The Morgan fingerprint density at radius 3 is 2.44 bits per heavy atom. The summed E-state index contributed by atoms with van der Waals surface area (Å²) in [5, 5.41) is 10.9. The fourth-order valence-corrected chi connectivity index (χ4v) is 1.90. The number of nitrogens with zero attached hydrogens (tertiary/aromatic N) is 1. The van der Waals surface area contributed by atoms with Crippen molar-refractivity contribution in [1.82, 2.24) is 0 Å². The number of rotatable bonds is 6. The minimum atomic E-state index is -0.687. The van der Waals surface area contributed by atoms with Gasteiger partial charge in [0.2, 0.25) is 6.04 Å². The first-order chi connectivity index (χ1) is 7.70. The van der Waals surface area contributed by atoms with Crippen LogP contribution in [-0.2, 0) is 4.79 Å². The van der Waals surface area contributed by atoms with Crippen LogP contribution in [0.4, 0.5) is 0 Å². The summed E-state index contributed by atoms with van der Waals surface area (Å²) in [6, 6.07) is 8.50. The van der Waals surface area contributed by atoms with Crippen LogP contribution < -0.4 is 0 Å². The Kier molecular flexibility index (Phi) is 4.64. The van der Waals surface area contributed by atoms with Crippen molar-refractivity contribution in [2.45, 2.75) is 31.7 Å². The summed E-state index contributed by atoms with van der Waals surface area (Å²) < 4.78 is 0. The van der Waals surface area contributed by atoms with Crippen LogP contribution in [0.2, 0.25) is 0 Å². The molecule has 0 N–H and O–H groups in total. The van der Waals surface area contributed by atoms with E-state index in [1.165, 1.54) is 0 Å². The molecule has 86 valence electrons. The molecule has 0 amide bonds. The fraction of sp³-hybridized carbons (Fsp3) is 0.417. The molecule has 0 heterocycles. The summed E-state index contributed by atoms with van der Waals surface area (Å²) in [4.78, 5) is 21.2. The van der Waals surface area contributed by atoms with E-state index in [0.717, 1.165) is 11.8 Å². The second-order valence-corrected chi connectivity index (χ2v) is 3.68. The lowest BCUT2D eigenvalue weighted by molar-refractivity contribution is -0.527. The van der Waals surface area contributed by atoms with Gasteiger partial charge in [-0.2, -0.15) is 0 Å². The first kappa shape index (κ1) is 12.4. The van der Waals surface area contributed by atoms with Gasteiger partial charge in [0.15, 0.2) is 0 Å². The van der Waals surface area contributed by atoms with E-state index in [1.807, 2.05) is 30.3 Å². The molecule has 1 aromatic carbocycles. The molecule has 0 bridgehead atoms. The first-order valence-electron chi connectivity index (χ1n) is 5.32. The minimum Gasteiger partial charge on any atom is -0.303 e. The van der Waals surface area contributed by atoms with Crippen LogP contribution in [0.3, 0.4) is 0 Å².